The van der Waals surface area contributed by atoms with E-state index in [2.05, 4.69) is 17.6 Å². The second-order valence-electron chi connectivity index (χ2n) is 5.16. The van der Waals surface area contributed by atoms with Gasteiger partial charge in [0.05, 0.1) is 19.1 Å². The molecule has 0 aromatic heterocycles. The molecule has 1 heterocycles. The van der Waals surface area contributed by atoms with Gasteiger partial charge in [0.15, 0.2) is 0 Å². The molecule has 4 nitrogen and oxygen atoms in total. The van der Waals surface area contributed by atoms with E-state index in [1.807, 2.05) is 19.1 Å². The lowest BCUT2D eigenvalue weighted by atomic mass is 10.0. The van der Waals surface area contributed by atoms with Crippen molar-refractivity contribution in [3.8, 4) is 0 Å². The number of benzene rings is 1. The molecule has 20 heavy (non-hydrogen) atoms. The zero-order chi connectivity index (χ0) is 14.5. The van der Waals surface area contributed by atoms with Crippen LogP contribution in [0.3, 0.4) is 0 Å². The zero-order valence-corrected chi connectivity index (χ0v) is 12.7. The number of amides is 1. The Morgan fingerprint density at radius 1 is 1.45 bits per heavy atom. The molecular weight excluding hydrogens is 276 g/mol. The first-order valence-electron chi connectivity index (χ1n) is 7.00. The third-order valence-corrected chi connectivity index (χ3v) is 3.92. The van der Waals surface area contributed by atoms with Crippen molar-refractivity contribution in [1.29, 1.82) is 0 Å². The Morgan fingerprint density at radius 3 is 2.95 bits per heavy atom. The van der Waals surface area contributed by atoms with Gasteiger partial charge in [-0.05, 0) is 37.6 Å². The Morgan fingerprint density at radius 2 is 2.25 bits per heavy atom. The summed E-state index contributed by atoms with van der Waals surface area (Å²) in [6.07, 6.45) is 1.04. The van der Waals surface area contributed by atoms with Crippen LogP contribution in [-0.2, 0) is 9.53 Å². The lowest BCUT2D eigenvalue weighted by molar-refractivity contribution is -0.120. The third kappa shape index (κ3) is 3.72. The van der Waals surface area contributed by atoms with Gasteiger partial charge < -0.3 is 15.4 Å². The van der Waals surface area contributed by atoms with E-state index >= 15 is 0 Å². The Bertz CT molecular complexity index is 479. The van der Waals surface area contributed by atoms with E-state index in [9.17, 15) is 4.79 Å². The van der Waals surface area contributed by atoms with Gasteiger partial charge in [-0.2, -0.15) is 0 Å². The topological polar surface area (TPSA) is 50.4 Å². The molecule has 1 aromatic rings. The molecule has 1 aliphatic rings. The van der Waals surface area contributed by atoms with E-state index in [4.69, 9.17) is 16.3 Å². The van der Waals surface area contributed by atoms with Crippen LogP contribution >= 0.6 is 11.6 Å². The number of anilines is 1. The predicted molar refractivity (Wildman–Crippen MR) is 81.2 cm³/mol. The highest BCUT2D eigenvalue weighted by Crippen LogP contribution is 2.22. The Labute approximate surface area is 124 Å². The fourth-order valence-electron chi connectivity index (χ4n) is 2.25. The van der Waals surface area contributed by atoms with Gasteiger partial charge in [0, 0.05) is 16.8 Å². The largest absolute Gasteiger partial charge is 0.379 e. The molecule has 1 saturated heterocycles. The zero-order valence-electron chi connectivity index (χ0n) is 11.9. The number of hydrogen-bond donors (Lipinski definition) is 2. The number of halogens is 1. The third-order valence-electron chi connectivity index (χ3n) is 3.51. The average molecular weight is 297 g/mol. The molecule has 2 unspecified atom stereocenters. The maximum atomic E-state index is 12.3. The summed E-state index contributed by atoms with van der Waals surface area (Å²) in [5.74, 6) is -0.169. The molecule has 2 rings (SSSR count). The van der Waals surface area contributed by atoms with Crippen LogP contribution in [0.15, 0.2) is 18.2 Å². The SMILES string of the molecule is CCCNC1COCC1C(=O)Nc1ccc(C)c(Cl)c1. The first-order chi connectivity index (χ1) is 9.61. The van der Waals surface area contributed by atoms with Gasteiger partial charge in [-0.25, -0.2) is 0 Å². The van der Waals surface area contributed by atoms with Gasteiger partial charge in [0.2, 0.25) is 5.91 Å². The quantitative estimate of drug-likeness (QED) is 0.878. The minimum atomic E-state index is -0.151. The molecule has 110 valence electrons. The minimum absolute atomic E-state index is 0.0176. The van der Waals surface area contributed by atoms with E-state index in [1.54, 1.807) is 6.07 Å². The molecule has 2 N–H and O–H groups in total. The average Bonchev–Trinajstić information content (AvgIpc) is 2.89. The summed E-state index contributed by atoms with van der Waals surface area (Å²) in [5.41, 5.74) is 1.73. The molecule has 2 atom stereocenters. The smallest absolute Gasteiger partial charge is 0.231 e. The molecule has 0 bridgehead atoms. The van der Waals surface area contributed by atoms with E-state index in [1.165, 1.54) is 0 Å². The van der Waals surface area contributed by atoms with Crippen molar-refractivity contribution in [2.75, 3.05) is 25.1 Å². The van der Waals surface area contributed by atoms with Gasteiger partial charge in [0.25, 0.3) is 0 Å². The predicted octanol–water partition coefficient (Wildman–Crippen LogP) is 2.60. The maximum Gasteiger partial charge on any atom is 0.231 e. The van der Waals surface area contributed by atoms with Crippen LogP contribution in [0, 0.1) is 12.8 Å². The second kappa shape index (κ2) is 7.07. The molecule has 1 fully saturated rings. The molecule has 0 aliphatic carbocycles. The molecule has 1 aromatic carbocycles. The molecular formula is C15H21ClN2O2. The van der Waals surface area contributed by atoms with Gasteiger partial charge >= 0.3 is 0 Å². The lowest BCUT2D eigenvalue weighted by Crippen LogP contribution is -2.41. The minimum Gasteiger partial charge on any atom is -0.379 e. The van der Waals surface area contributed by atoms with E-state index in [0.717, 1.165) is 24.2 Å². The van der Waals surface area contributed by atoms with Crippen LogP contribution in [0.5, 0.6) is 0 Å². The summed E-state index contributed by atoms with van der Waals surface area (Å²) in [4.78, 5) is 12.3. The fraction of sp³-hybridized carbons (Fsp3) is 0.533. The fourth-order valence-corrected chi connectivity index (χ4v) is 2.43. The molecule has 5 heteroatoms. The molecule has 0 radical (unpaired) electrons. The monoisotopic (exact) mass is 296 g/mol. The summed E-state index contributed by atoms with van der Waals surface area (Å²) in [7, 11) is 0. The van der Waals surface area contributed by atoms with Crippen molar-refractivity contribution >= 4 is 23.2 Å². The van der Waals surface area contributed by atoms with Gasteiger partial charge in [-0.15, -0.1) is 0 Å². The van der Waals surface area contributed by atoms with Crippen LogP contribution in [0.1, 0.15) is 18.9 Å². The Kier molecular flexibility index (Phi) is 5.40. The highest BCUT2D eigenvalue weighted by atomic mass is 35.5. The summed E-state index contributed by atoms with van der Waals surface area (Å²) in [6.45, 7) is 5.99. The van der Waals surface area contributed by atoms with Crippen molar-refractivity contribution in [2.45, 2.75) is 26.3 Å². The second-order valence-corrected chi connectivity index (χ2v) is 5.56. The Balaban J connectivity index is 1.98. The summed E-state index contributed by atoms with van der Waals surface area (Å²) < 4.78 is 5.42. The number of rotatable bonds is 5. The first kappa shape index (κ1) is 15.3. The van der Waals surface area contributed by atoms with Crippen molar-refractivity contribution < 1.29 is 9.53 Å². The standard InChI is InChI=1S/C15H21ClN2O2/c1-3-6-17-14-9-20-8-12(14)15(19)18-11-5-4-10(2)13(16)7-11/h4-5,7,12,14,17H,3,6,8-9H2,1-2H3,(H,18,19). The lowest BCUT2D eigenvalue weighted by Gasteiger charge is -2.18. The number of nitrogens with one attached hydrogen (secondary N) is 2. The number of hydrogen-bond acceptors (Lipinski definition) is 3. The maximum absolute atomic E-state index is 12.3. The summed E-state index contributed by atoms with van der Waals surface area (Å²) in [6, 6.07) is 5.63. The summed E-state index contributed by atoms with van der Waals surface area (Å²) >= 11 is 6.07. The van der Waals surface area contributed by atoms with Crippen LogP contribution in [0.25, 0.3) is 0 Å². The number of aryl methyl sites for hydroxylation is 1. The van der Waals surface area contributed by atoms with Gasteiger partial charge in [-0.3, -0.25) is 4.79 Å². The van der Waals surface area contributed by atoms with Crippen molar-refractivity contribution in [2.24, 2.45) is 5.92 Å². The first-order valence-corrected chi connectivity index (χ1v) is 7.37. The van der Waals surface area contributed by atoms with E-state index < -0.39 is 0 Å². The molecule has 1 amide bonds. The molecule has 0 spiro atoms. The van der Waals surface area contributed by atoms with Crippen LogP contribution < -0.4 is 10.6 Å². The van der Waals surface area contributed by atoms with Crippen molar-refractivity contribution in [1.82, 2.24) is 5.32 Å². The van der Waals surface area contributed by atoms with E-state index in [-0.39, 0.29) is 17.9 Å². The molecule has 0 saturated carbocycles. The number of carbonyl (C=O) groups excluding carboxylic acids is 1. The van der Waals surface area contributed by atoms with Gasteiger partial charge in [-0.1, -0.05) is 24.6 Å². The number of ether oxygens (including phenoxy) is 1. The molecule has 1 aliphatic heterocycles. The highest BCUT2D eigenvalue weighted by molar-refractivity contribution is 6.31. The van der Waals surface area contributed by atoms with Crippen molar-refractivity contribution in [3.63, 3.8) is 0 Å². The number of carbonyl (C=O) groups is 1. The summed E-state index contributed by atoms with van der Waals surface area (Å²) in [5, 5.41) is 6.93. The van der Waals surface area contributed by atoms with Crippen LogP contribution in [-0.4, -0.2) is 31.7 Å². The van der Waals surface area contributed by atoms with Gasteiger partial charge in [0.1, 0.15) is 0 Å². The normalized spacial score (nSPS) is 21.9. The highest BCUT2D eigenvalue weighted by Gasteiger charge is 2.33. The Hall–Kier alpha value is -1.10. The van der Waals surface area contributed by atoms with Crippen LogP contribution in [0.4, 0.5) is 5.69 Å². The van der Waals surface area contributed by atoms with E-state index in [0.29, 0.717) is 18.2 Å². The van der Waals surface area contributed by atoms with Crippen molar-refractivity contribution in [3.05, 3.63) is 28.8 Å². The van der Waals surface area contributed by atoms with Crippen LogP contribution in [0.2, 0.25) is 5.02 Å².